The quantitative estimate of drug-likeness (QED) is 0.684. The number of nitrogens with zero attached hydrogens (tertiary/aromatic N) is 4. The fourth-order valence-electron chi connectivity index (χ4n) is 2.65. The van der Waals surface area contributed by atoms with Crippen LogP contribution < -0.4 is 4.74 Å². The molecule has 0 saturated heterocycles. The Morgan fingerprint density at radius 3 is 2.65 bits per heavy atom. The lowest BCUT2D eigenvalue weighted by Gasteiger charge is -2.11. The summed E-state index contributed by atoms with van der Waals surface area (Å²) in [6.45, 7) is 0. The van der Waals surface area contributed by atoms with Crippen LogP contribution in [0.25, 0.3) is 11.4 Å². The van der Waals surface area contributed by atoms with Crippen LogP contribution in [0.15, 0.2) is 42.9 Å². The first-order chi connectivity index (χ1) is 11.3. The lowest BCUT2D eigenvalue weighted by atomic mass is 10.2. The van der Waals surface area contributed by atoms with Crippen LogP contribution in [0, 0.1) is 0 Å². The second kappa shape index (κ2) is 5.93. The maximum Gasteiger partial charge on any atom is 0.226 e. The highest BCUT2D eigenvalue weighted by atomic mass is 35.5. The van der Waals surface area contributed by atoms with Crippen molar-refractivity contribution in [3.8, 4) is 23.0 Å². The zero-order valence-electron chi connectivity index (χ0n) is 12.2. The Balaban J connectivity index is 1.76. The molecule has 3 aromatic rings. The minimum Gasteiger partial charge on any atom is -0.437 e. The molecule has 23 heavy (non-hydrogen) atoms. The van der Waals surface area contributed by atoms with Crippen LogP contribution in [0.3, 0.4) is 0 Å². The van der Waals surface area contributed by atoms with Gasteiger partial charge in [-0.25, -0.2) is 9.97 Å². The number of hydrogen-bond acceptors (Lipinski definition) is 5. The van der Waals surface area contributed by atoms with E-state index in [4.69, 9.17) is 16.3 Å². The zero-order chi connectivity index (χ0) is 15.6. The van der Waals surface area contributed by atoms with E-state index in [-0.39, 0.29) is 0 Å². The van der Waals surface area contributed by atoms with E-state index in [0.717, 1.165) is 36.1 Å². The first-order valence-corrected chi connectivity index (χ1v) is 7.77. The molecule has 3 aromatic heterocycles. The molecule has 0 N–H and O–H groups in total. The third kappa shape index (κ3) is 2.87. The van der Waals surface area contributed by atoms with E-state index >= 15 is 0 Å². The number of aromatic nitrogens is 4. The molecule has 6 heteroatoms. The van der Waals surface area contributed by atoms with E-state index in [1.807, 2.05) is 12.1 Å². The Morgan fingerprint density at radius 2 is 1.87 bits per heavy atom. The van der Waals surface area contributed by atoms with Gasteiger partial charge in [-0.3, -0.25) is 4.98 Å². The minimum atomic E-state index is 0.433. The third-order valence-electron chi connectivity index (χ3n) is 3.75. The number of aryl methyl sites for hydroxylation is 1. The molecule has 0 radical (unpaired) electrons. The van der Waals surface area contributed by atoms with Crippen molar-refractivity contribution in [2.24, 2.45) is 0 Å². The fourth-order valence-corrected chi connectivity index (χ4v) is 2.76. The van der Waals surface area contributed by atoms with Gasteiger partial charge in [-0.2, -0.15) is 4.98 Å². The summed E-state index contributed by atoms with van der Waals surface area (Å²) < 4.78 is 5.95. The Bertz CT molecular complexity index is 837. The molecular weight excluding hydrogens is 312 g/mol. The summed E-state index contributed by atoms with van der Waals surface area (Å²) in [6, 6.07) is 7.27. The fraction of sp³-hybridized carbons (Fsp3) is 0.176. The molecule has 1 aliphatic rings. The van der Waals surface area contributed by atoms with Crippen molar-refractivity contribution in [2.75, 3.05) is 0 Å². The number of fused-ring (bicyclic) bond motifs is 1. The Labute approximate surface area is 138 Å². The molecule has 114 valence electrons. The van der Waals surface area contributed by atoms with Crippen molar-refractivity contribution in [3.63, 3.8) is 0 Å². The maximum atomic E-state index is 5.95. The summed E-state index contributed by atoms with van der Waals surface area (Å²) >= 11 is 5.82. The Morgan fingerprint density at radius 1 is 1.00 bits per heavy atom. The summed E-state index contributed by atoms with van der Waals surface area (Å²) in [6.07, 6.45) is 8.01. The first kappa shape index (κ1) is 14.1. The van der Waals surface area contributed by atoms with Crippen molar-refractivity contribution in [1.29, 1.82) is 0 Å². The van der Waals surface area contributed by atoms with Gasteiger partial charge in [0.25, 0.3) is 0 Å². The van der Waals surface area contributed by atoms with Crippen LogP contribution in [0.2, 0.25) is 5.15 Å². The number of ether oxygens (including phenoxy) is 1. The van der Waals surface area contributed by atoms with E-state index in [1.54, 1.807) is 30.7 Å². The lowest BCUT2D eigenvalue weighted by molar-refractivity contribution is 0.454. The number of rotatable bonds is 3. The van der Waals surface area contributed by atoms with E-state index in [0.29, 0.717) is 22.6 Å². The molecule has 0 bridgehead atoms. The molecule has 5 nitrogen and oxygen atoms in total. The second-order valence-corrected chi connectivity index (χ2v) is 5.67. The summed E-state index contributed by atoms with van der Waals surface area (Å²) in [4.78, 5) is 17.4. The molecule has 0 aromatic carbocycles. The molecule has 0 fully saturated rings. The standard InChI is InChI=1S/C17H13ClN4O/c18-15-5-4-12(10-20-15)23-17-13-2-1-3-14(13)21-16(22-17)11-6-8-19-9-7-11/h4-10H,1-3H2. The molecular formula is C17H13ClN4O. The molecule has 0 spiro atoms. The normalized spacial score (nSPS) is 12.9. The van der Waals surface area contributed by atoms with Crippen LogP contribution in [-0.2, 0) is 12.8 Å². The number of pyridine rings is 2. The molecule has 0 amide bonds. The minimum absolute atomic E-state index is 0.433. The van der Waals surface area contributed by atoms with Crippen LogP contribution in [-0.4, -0.2) is 19.9 Å². The van der Waals surface area contributed by atoms with Crippen LogP contribution in [0.4, 0.5) is 0 Å². The van der Waals surface area contributed by atoms with E-state index < -0.39 is 0 Å². The highest BCUT2D eigenvalue weighted by Crippen LogP contribution is 2.33. The third-order valence-corrected chi connectivity index (χ3v) is 3.97. The average Bonchev–Trinajstić information content (AvgIpc) is 3.06. The van der Waals surface area contributed by atoms with Gasteiger partial charge in [0, 0.05) is 23.5 Å². The number of hydrogen-bond donors (Lipinski definition) is 0. The van der Waals surface area contributed by atoms with Crippen LogP contribution >= 0.6 is 11.6 Å². The Hall–Kier alpha value is -2.53. The molecule has 3 heterocycles. The number of halogens is 1. The first-order valence-electron chi connectivity index (χ1n) is 7.39. The second-order valence-electron chi connectivity index (χ2n) is 5.29. The maximum absolute atomic E-state index is 5.95. The van der Waals surface area contributed by atoms with Gasteiger partial charge in [0.15, 0.2) is 5.82 Å². The largest absolute Gasteiger partial charge is 0.437 e. The predicted octanol–water partition coefficient (Wildman–Crippen LogP) is 3.87. The van der Waals surface area contributed by atoms with Crippen LogP contribution in [0.5, 0.6) is 11.6 Å². The summed E-state index contributed by atoms with van der Waals surface area (Å²) in [5.41, 5.74) is 3.07. The Kier molecular flexibility index (Phi) is 3.63. The van der Waals surface area contributed by atoms with Crippen LogP contribution in [0.1, 0.15) is 17.7 Å². The van der Waals surface area contributed by atoms with Crippen molar-refractivity contribution in [1.82, 2.24) is 19.9 Å². The van der Waals surface area contributed by atoms with Gasteiger partial charge in [0.1, 0.15) is 10.9 Å². The van der Waals surface area contributed by atoms with Gasteiger partial charge in [-0.05, 0) is 43.5 Å². The monoisotopic (exact) mass is 324 g/mol. The molecule has 0 atom stereocenters. The predicted molar refractivity (Wildman–Crippen MR) is 86.6 cm³/mol. The summed E-state index contributed by atoms with van der Waals surface area (Å²) in [5, 5.41) is 0.433. The van der Waals surface area contributed by atoms with Gasteiger partial charge in [-0.1, -0.05) is 11.6 Å². The van der Waals surface area contributed by atoms with Gasteiger partial charge >= 0.3 is 0 Å². The van der Waals surface area contributed by atoms with Gasteiger partial charge in [0.2, 0.25) is 5.88 Å². The van der Waals surface area contributed by atoms with Crippen molar-refractivity contribution < 1.29 is 4.74 Å². The molecule has 0 saturated carbocycles. The smallest absolute Gasteiger partial charge is 0.226 e. The van der Waals surface area contributed by atoms with Gasteiger partial charge in [0.05, 0.1) is 11.9 Å². The highest BCUT2D eigenvalue weighted by Gasteiger charge is 2.21. The molecule has 0 unspecified atom stereocenters. The highest BCUT2D eigenvalue weighted by molar-refractivity contribution is 6.29. The van der Waals surface area contributed by atoms with Crippen molar-refractivity contribution >= 4 is 11.6 Å². The average molecular weight is 325 g/mol. The van der Waals surface area contributed by atoms with Gasteiger partial charge in [-0.15, -0.1) is 0 Å². The van der Waals surface area contributed by atoms with Gasteiger partial charge < -0.3 is 4.74 Å². The van der Waals surface area contributed by atoms with E-state index in [2.05, 4.69) is 19.9 Å². The SMILES string of the molecule is Clc1ccc(Oc2nc(-c3ccncc3)nc3c2CCC3)cn1. The van der Waals surface area contributed by atoms with E-state index in [1.165, 1.54) is 0 Å². The molecule has 0 aliphatic heterocycles. The van der Waals surface area contributed by atoms with Crippen molar-refractivity contribution in [3.05, 3.63) is 59.3 Å². The summed E-state index contributed by atoms with van der Waals surface area (Å²) in [5.74, 6) is 1.87. The topological polar surface area (TPSA) is 60.8 Å². The summed E-state index contributed by atoms with van der Waals surface area (Å²) in [7, 11) is 0. The molecule has 4 rings (SSSR count). The zero-order valence-corrected chi connectivity index (χ0v) is 13.0. The molecule has 1 aliphatic carbocycles. The van der Waals surface area contributed by atoms with E-state index in [9.17, 15) is 0 Å². The lowest BCUT2D eigenvalue weighted by Crippen LogP contribution is -2.01. The van der Waals surface area contributed by atoms with Crippen molar-refractivity contribution in [2.45, 2.75) is 19.3 Å².